The summed E-state index contributed by atoms with van der Waals surface area (Å²) in [6, 6.07) is 1.87. The lowest BCUT2D eigenvalue weighted by molar-refractivity contribution is -0.130. The molecular weight excluding hydrogens is 256 g/mol. The maximum Gasteiger partial charge on any atom is 0.224 e. The Kier molecular flexibility index (Phi) is 5.15. The third-order valence-corrected chi connectivity index (χ3v) is 3.60. The molecule has 0 aromatic carbocycles. The van der Waals surface area contributed by atoms with Crippen molar-refractivity contribution < 1.29 is 9.59 Å². The van der Waals surface area contributed by atoms with Crippen molar-refractivity contribution in [1.82, 2.24) is 20.0 Å². The summed E-state index contributed by atoms with van der Waals surface area (Å²) in [6.07, 6.45) is 5.70. The van der Waals surface area contributed by atoms with Crippen LogP contribution in [-0.4, -0.2) is 46.1 Å². The first kappa shape index (κ1) is 14.6. The molecule has 1 atom stereocenters. The molecular formula is C14H22N4O2. The van der Waals surface area contributed by atoms with Gasteiger partial charge in [0, 0.05) is 45.0 Å². The van der Waals surface area contributed by atoms with Crippen LogP contribution in [0.4, 0.5) is 0 Å². The number of aryl methyl sites for hydroxylation is 1. The average Bonchev–Trinajstić information content (AvgIpc) is 3.10. The van der Waals surface area contributed by atoms with Gasteiger partial charge in [-0.05, 0) is 25.8 Å². The monoisotopic (exact) mass is 278 g/mol. The van der Waals surface area contributed by atoms with Crippen LogP contribution in [0.15, 0.2) is 18.5 Å². The number of amides is 2. The van der Waals surface area contributed by atoms with Crippen molar-refractivity contribution >= 4 is 11.8 Å². The molecule has 1 unspecified atom stereocenters. The molecule has 6 nitrogen and oxygen atoms in total. The molecule has 0 saturated carbocycles. The average molecular weight is 278 g/mol. The van der Waals surface area contributed by atoms with E-state index in [1.807, 2.05) is 28.8 Å². The normalized spacial score (nSPS) is 18.2. The molecule has 110 valence electrons. The minimum atomic E-state index is -0.0370. The maximum atomic E-state index is 12.1. The zero-order valence-corrected chi connectivity index (χ0v) is 11.9. The van der Waals surface area contributed by atoms with E-state index in [-0.39, 0.29) is 17.7 Å². The van der Waals surface area contributed by atoms with E-state index in [4.69, 9.17) is 0 Å². The van der Waals surface area contributed by atoms with E-state index in [2.05, 4.69) is 10.4 Å². The zero-order valence-electron chi connectivity index (χ0n) is 11.9. The van der Waals surface area contributed by atoms with Crippen LogP contribution in [0.5, 0.6) is 0 Å². The molecule has 0 bridgehead atoms. The van der Waals surface area contributed by atoms with Crippen molar-refractivity contribution in [3.8, 4) is 0 Å². The number of nitrogens with zero attached hydrogens (tertiary/aromatic N) is 3. The van der Waals surface area contributed by atoms with Crippen molar-refractivity contribution in [2.24, 2.45) is 5.92 Å². The summed E-state index contributed by atoms with van der Waals surface area (Å²) in [7, 11) is 0. The highest BCUT2D eigenvalue weighted by Gasteiger charge is 2.30. The van der Waals surface area contributed by atoms with Gasteiger partial charge < -0.3 is 10.2 Å². The van der Waals surface area contributed by atoms with Gasteiger partial charge in [-0.2, -0.15) is 5.10 Å². The minimum absolute atomic E-state index is 0.0370. The van der Waals surface area contributed by atoms with Crippen LogP contribution < -0.4 is 5.32 Å². The molecule has 1 aromatic rings. The Labute approximate surface area is 119 Å². The van der Waals surface area contributed by atoms with Crippen LogP contribution in [0.1, 0.15) is 26.2 Å². The van der Waals surface area contributed by atoms with Crippen LogP contribution in [0.25, 0.3) is 0 Å². The second-order valence-corrected chi connectivity index (χ2v) is 5.09. The number of nitrogens with one attached hydrogen (secondary N) is 1. The largest absolute Gasteiger partial charge is 0.356 e. The Balaban J connectivity index is 1.70. The third-order valence-electron chi connectivity index (χ3n) is 3.60. The molecule has 1 aliphatic heterocycles. The number of hydrogen-bond donors (Lipinski definition) is 1. The van der Waals surface area contributed by atoms with Crippen LogP contribution in [0.2, 0.25) is 0 Å². The third kappa shape index (κ3) is 3.82. The fraction of sp³-hybridized carbons (Fsp3) is 0.643. The predicted molar refractivity (Wildman–Crippen MR) is 74.8 cm³/mol. The number of rotatable bonds is 6. The van der Waals surface area contributed by atoms with E-state index in [9.17, 15) is 9.59 Å². The molecule has 0 radical (unpaired) electrons. The molecule has 20 heavy (non-hydrogen) atoms. The lowest BCUT2D eigenvalue weighted by atomic mass is 10.1. The van der Waals surface area contributed by atoms with Crippen molar-refractivity contribution in [2.75, 3.05) is 19.6 Å². The van der Waals surface area contributed by atoms with Crippen LogP contribution in [-0.2, 0) is 16.1 Å². The summed E-state index contributed by atoms with van der Waals surface area (Å²) >= 11 is 0. The van der Waals surface area contributed by atoms with Gasteiger partial charge in [-0.25, -0.2) is 0 Å². The standard InChI is InChI=1S/C14H22N4O2/c1-2-15-14(20)12-6-10-17(11-12)13(19)5-3-8-18-9-4-7-16-18/h4,7,9,12H,2-3,5-6,8,10-11H2,1H3,(H,15,20). The van der Waals surface area contributed by atoms with E-state index in [0.717, 1.165) is 19.4 Å². The van der Waals surface area contributed by atoms with Gasteiger partial charge in [-0.1, -0.05) is 0 Å². The molecule has 1 N–H and O–H groups in total. The van der Waals surface area contributed by atoms with Gasteiger partial charge in [0.2, 0.25) is 11.8 Å². The zero-order chi connectivity index (χ0) is 14.4. The number of carbonyl (C=O) groups is 2. The minimum Gasteiger partial charge on any atom is -0.356 e. The quantitative estimate of drug-likeness (QED) is 0.830. The highest BCUT2D eigenvalue weighted by atomic mass is 16.2. The Morgan fingerprint density at radius 2 is 2.30 bits per heavy atom. The summed E-state index contributed by atoms with van der Waals surface area (Å²) in [5, 5.41) is 6.93. The summed E-state index contributed by atoms with van der Waals surface area (Å²) in [5.74, 6) is 0.174. The lowest BCUT2D eigenvalue weighted by Crippen LogP contribution is -2.34. The first-order valence-corrected chi connectivity index (χ1v) is 7.23. The van der Waals surface area contributed by atoms with Crippen molar-refractivity contribution in [2.45, 2.75) is 32.7 Å². The molecule has 1 aromatic heterocycles. The SMILES string of the molecule is CCNC(=O)C1CCN(C(=O)CCCn2cccn2)C1. The Bertz CT molecular complexity index is 444. The Morgan fingerprint density at radius 3 is 3.00 bits per heavy atom. The van der Waals surface area contributed by atoms with Gasteiger partial charge in [-0.15, -0.1) is 0 Å². The van der Waals surface area contributed by atoms with E-state index < -0.39 is 0 Å². The smallest absolute Gasteiger partial charge is 0.224 e. The molecule has 1 saturated heterocycles. The predicted octanol–water partition coefficient (Wildman–Crippen LogP) is 0.648. The molecule has 2 amide bonds. The Morgan fingerprint density at radius 1 is 1.45 bits per heavy atom. The van der Waals surface area contributed by atoms with Gasteiger partial charge in [0.1, 0.15) is 0 Å². The summed E-state index contributed by atoms with van der Waals surface area (Å²) < 4.78 is 1.83. The van der Waals surface area contributed by atoms with E-state index in [0.29, 0.717) is 26.1 Å². The molecule has 2 rings (SSSR count). The molecule has 1 fully saturated rings. The van der Waals surface area contributed by atoms with Crippen LogP contribution >= 0.6 is 0 Å². The van der Waals surface area contributed by atoms with E-state index >= 15 is 0 Å². The molecule has 0 spiro atoms. The Hall–Kier alpha value is -1.85. The second kappa shape index (κ2) is 7.07. The highest BCUT2D eigenvalue weighted by molar-refractivity contribution is 5.82. The first-order valence-electron chi connectivity index (χ1n) is 7.23. The lowest BCUT2D eigenvalue weighted by Gasteiger charge is -2.16. The molecule has 2 heterocycles. The van der Waals surface area contributed by atoms with Gasteiger partial charge in [0.15, 0.2) is 0 Å². The summed E-state index contributed by atoms with van der Waals surface area (Å²) in [4.78, 5) is 25.6. The fourth-order valence-corrected chi connectivity index (χ4v) is 2.50. The number of aromatic nitrogens is 2. The molecule has 0 aliphatic carbocycles. The highest BCUT2D eigenvalue weighted by Crippen LogP contribution is 2.17. The number of carbonyl (C=O) groups excluding carboxylic acids is 2. The summed E-state index contributed by atoms with van der Waals surface area (Å²) in [5.41, 5.74) is 0. The first-order chi connectivity index (χ1) is 9.70. The molecule has 1 aliphatic rings. The van der Waals surface area contributed by atoms with Gasteiger partial charge in [0.05, 0.1) is 5.92 Å². The fourth-order valence-electron chi connectivity index (χ4n) is 2.50. The van der Waals surface area contributed by atoms with E-state index in [1.165, 1.54) is 0 Å². The van der Waals surface area contributed by atoms with Crippen LogP contribution in [0.3, 0.4) is 0 Å². The van der Waals surface area contributed by atoms with Crippen molar-refractivity contribution in [1.29, 1.82) is 0 Å². The van der Waals surface area contributed by atoms with Gasteiger partial charge in [-0.3, -0.25) is 14.3 Å². The summed E-state index contributed by atoms with van der Waals surface area (Å²) in [6.45, 7) is 4.57. The van der Waals surface area contributed by atoms with Crippen molar-refractivity contribution in [3.05, 3.63) is 18.5 Å². The maximum absolute atomic E-state index is 12.1. The van der Waals surface area contributed by atoms with Crippen molar-refractivity contribution in [3.63, 3.8) is 0 Å². The van der Waals surface area contributed by atoms with Gasteiger partial charge in [0.25, 0.3) is 0 Å². The van der Waals surface area contributed by atoms with Gasteiger partial charge >= 0.3 is 0 Å². The topological polar surface area (TPSA) is 67.2 Å². The second-order valence-electron chi connectivity index (χ2n) is 5.09. The van der Waals surface area contributed by atoms with Crippen LogP contribution in [0, 0.1) is 5.92 Å². The number of hydrogen-bond acceptors (Lipinski definition) is 3. The molecule has 6 heteroatoms. The number of likely N-dealkylation sites (tertiary alicyclic amines) is 1. The van der Waals surface area contributed by atoms with E-state index in [1.54, 1.807) is 6.20 Å².